The van der Waals surface area contributed by atoms with Crippen molar-refractivity contribution >= 4 is 47.3 Å². The minimum Gasteiger partial charge on any atom is -0.480 e. The molecule has 7 nitrogen and oxygen atoms in total. The zero-order valence-corrected chi connectivity index (χ0v) is 14.0. The molecule has 0 aromatic rings. The maximum absolute atomic E-state index is 11.5. The first kappa shape index (κ1) is 20.6. The summed E-state index contributed by atoms with van der Waals surface area (Å²) in [7, 11) is -4.47. The number of thiol groups is 2. The van der Waals surface area contributed by atoms with Crippen LogP contribution in [0.3, 0.4) is 0 Å². The van der Waals surface area contributed by atoms with Crippen LogP contribution >= 0.6 is 25.3 Å². The molecule has 0 heterocycles. The summed E-state index contributed by atoms with van der Waals surface area (Å²) in [6.45, 7) is 0. The fourth-order valence-corrected chi connectivity index (χ4v) is 3.08. The van der Waals surface area contributed by atoms with Crippen molar-refractivity contribution in [2.45, 2.75) is 43.4 Å². The number of hydrogen-bond donors (Lipinski definition) is 5. The fraction of sp³-hybridized carbons (Fsp3) is 0.818. The molecule has 10 heteroatoms. The number of carbonyl (C=O) groups is 2. The van der Waals surface area contributed by atoms with Crippen LogP contribution in [0.5, 0.6) is 0 Å². The second kappa shape index (κ2) is 10.3. The lowest BCUT2D eigenvalue weighted by Gasteiger charge is -2.13. The summed E-state index contributed by atoms with van der Waals surface area (Å²) >= 11 is 8.43. The Bertz CT molecular complexity index is 439. The minimum atomic E-state index is -4.47. The van der Waals surface area contributed by atoms with E-state index in [1.54, 1.807) is 0 Å². The Kier molecular flexibility index (Phi) is 10.1. The van der Waals surface area contributed by atoms with Gasteiger partial charge in [0.25, 0.3) is 10.1 Å². The standard InChI is InChI=1S/C11H21NO6S3/c13-10(4-2-1-3-8(20)5-6-19)12-9(11(14)15)7-21(16,17)18/h8-9,19-20H,1-7H2,(H,12,13)(H,14,15)(H,16,17,18). The van der Waals surface area contributed by atoms with Gasteiger partial charge in [-0.15, -0.1) is 0 Å². The number of carboxylic acids is 1. The van der Waals surface area contributed by atoms with Gasteiger partial charge in [-0.2, -0.15) is 33.7 Å². The van der Waals surface area contributed by atoms with Crippen LogP contribution < -0.4 is 5.32 Å². The highest BCUT2D eigenvalue weighted by molar-refractivity contribution is 7.85. The lowest BCUT2D eigenvalue weighted by atomic mass is 10.1. The van der Waals surface area contributed by atoms with Crippen LogP contribution in [0, 0.1) is 0 Å². The predicted octanol–water partition coefficient (Wildman–Crippen LogP) is 0.622. The topological polar surface area (TPSA) is 121 Å². The normalized spacial score (nSPS) is 14.4. The average molecular weight is 359 g/mol. The van der Waals surface area contributed by atoms with E-state index in [1.165, 1.54) is 0 Å². The van der Waals surface area contributed by atoms with E-state index in [9.17, 15) is 18.0 Å². The smallest absolute Gasteiger partial charge is 0.327 e. The summed E-state index contributed by atoms with van der Waals surface area (Å²) < 4.78 is 29.9. The van der Waals surface area contributed by atoms with Crippen LogP contribution in [-0.2, 0) is 19.7 Å². The third-order valence-corrected chi connectivity index (χ3v) is 4.19. The van der Waals surface area contributed by atoms with Gasteiger partial charge in [0.15, 0.2) is 0 Å². The summed E-state index contributed by atoms with van der Waals surface area (Å²) in [6.07, 6.45) is 3.09. The molecule has 0 aromatic heterocycles. The van der Waals surface area contributed by atoms with Crippen molar-refractivity contribution < 1.29 is 27.7 Å². The molecule has 0 radical (unpaired) electrons. The number of amides is 1. The molecule has 0 aliphatic rings. The lowest BCUT2D eigenvalue weighted by molar-refractivity contribution is -0.141. The number of rotatable bonds is 11. The van der Waals surface area contributed by atoms with Crippen molar-refractivity contribution in [2.24, 2.45) is 0 Å². The molecule has 0 aromatic carbocycles. The van der Waals surface area contributed by atoms with Gasteiger partial charge in [0, 0.05) is 11.7 Å². The summed E-state index contributed by atoms with van der Waals surface area (Å²) in [6, 6.07) is -1.64. The van der Waals surface area contributed by atoms with Gasteiger partial charge in [0.2, 0.25) is 5.91 Å². The summed E-state index contributed by atoms with van der Waals surface area (Å²) in [5, 5.41) is 11.1. The third kappa shape index (κ3) is 11.8. The molecule has 0 fully saturated rings. The average Bonchev–Trinajstić information content (AvgIpc) is 2.32. The Labute approximate surface area is 135 Å². The van der Waals surface area contributed by atoms with Gasteiger partial charge in [0.05, 0.1) is 0 Å². The monoisotopic (exact) mass is 359 g/mol. The van der Waals surface area contributed by atoms with Gasteiger partial charge < -0.3 is 10.4 Å². The highest BCUT2D eigenvalue weighted by Gasteiger charge is 2.25. The highest BCUT2D eigenvalue weighted by Crippen LogP contribution is 2.12. The molecule has 1 amide bonds. The van der Waals surface area contributed by atoms with Crippen LogP contribution in [0.1, 0.15) is 32.1 Å². The Morgan fingerprint density at radius 1 is 1.19 bits per heavy atom. The van der Waals surface area contributed by atoms with E-state index >= 15 is 0 Å². The highest BCUT2D eigenvalue weighted by atomic mass is 32.2. The molecule has 124 valence electrons. The van der Waals surface area contributed by atoms with E-state index in [-0.39, 0.29) is 11.7 Å². The number of hydrogen-bond acceptors (Lipinski definition) is 6. The van der Waals surface area contributed by atoms with Crippen molar-refractivity contribution in [3.8, 4) is 0 Å². The molecule has 0 aliphatic heterocycles. The molecule has 2 atom stereocenters. The van der Waals surface area contributed by atoms with E-state index < -0.39 is 33.8 Å². The van der Waals surface area contributed by atoms with Crippen LogP contribution in [0.25, 0.3) is 0 Å². The van der Waals surface area contributed by atoms with E-state index in [2.05, 4.69) is 30.6 Å². The van der Waals surface area contributed by atoms with Crippen molar-refractivity contribution in [3.63, 3.8) is 0 Å². The van der Waals surface area contributed by atoms with E-state index in [4.69, 9.17) is 9.66 Å². The van der Waals surface area contributed by atoms with Crippen molar-refractivity contribution in [3.05, 3.63) is 0 Å². The number of aliphatic carboxylic acids is 1. The first-order chi connectivity index (χ1) is 9.65. The second-order valence-corrected chi connectivity index (χ2v) is 7.29. The first-order valence-electron chi connectivity index (χ1n) is 6.42. The maximum Gasteiger partial charge on any atom is 0.327 e. The zero-order chi connectivity index (χ0) is 16.5. The Morgan fingerprint density at radius 2 is 1.81 bits per heavy atom. The fourth-order valence-electron chi connectivity index (χ4n) is 1.61. The van der Waals surface area contributed by atoms with Gasteiger partial charge in [-0.05, 0) is 25.0 Å². The van der Waals surface area contributed by atoms with Crippen molar-refractivity contribution in [1.82, 2.24) is 5.32 Å². The quantitative estimate of drug-likeness (QED) is 0.209. The van der Waals surface area contributed by atoms with E-state index in [0.29, 0.717) is 6.42 Å². The largest absolute Gasteiger partial charge is 0.480 e. The summed E-state index contributed by atoms with van der Waals surface area (Å²) in [4.78, 5) is 22.3. The van der Waals surface area contributed by atoms with Gasteiger partial charge in [-0.1, -0.05) is 6.42 Å². The van der Waals surface area contributed by atoms with Crippen LogP contribution in [0.4, 0.5) is 0 Å². The molecular formula is C11H21NO6S3. The number of nitrogens with one attached hydrogen (secondary N) is 1. The molecule has 0 bridgehead atoms. The zero-order valence-electron chi connectivity index (χ0n) is 11.4. The minimum absolute atomic E-state index is 0.0939. The summed E-state index contributed by atoms with van der Waals surface area (Å²) in [5.74, 6) is -2.37. The van der Waals surface area contributed by atoms with Crippen LogP contribution in [0.2, 0.25) is 0 Å². The predicted molar refractivity (Wildman–Crippen MR) is 85.7 cm³/mol. The van der Waals surface area contributed by atoms with Crippen LogP contribution in [0.15, 0.2) is 0 Å². The van der Waals surface area contributed by atoms with E-state index in [1.807, 2.05) is 0 Å². The molecule has 2 unspecified atom stereocenters. The molecule has 0 spiro atoms. The Balaban J connectivity index is 4.08. The first-order valence-corrected chi connectivity index (χ1v) is 9.17. The summed E-state index contributed by atoms with van der Waals surface area (Å²) in [5.41, 5.74) is 0. The van der Waals surface area contributed by atoms with E-state index in [0.717, 1.165) is 25.0 Å². The Hall–Kier alpha value is -0.450. The third-order valence-electron chi connectivity index (χ3n) is 2.66. The molecule has 3 N–H and O–H groups in total. The van der Waals surface area contributed by atoms with Gasteiger partial charge in [0.1, 0.15) is 11.8 Å². The van der Waals surface area contributed by atoms with Crippen molar-refractivity contribution in [1.29, 1.82) is 0 Å². The van der Waals surface area contributed by atoms with Gasteiger partial charge in [-0.3, -0.25) is 9.35 Å². The van der Waals surface area contributed by atoms with Gasteiger partial charge in [-0.25, -0.2) is 4.79 Å². The number of carboxylic acid groups (broad SMARTS) is 1. The molecule has 0 aliphatic carbocycles. The molecule has 0 rings (SSSR count). The molecule has 0 saturated carbocycles. The van der Waals surface area contributed by atoms with Crippen molar-refractivity contribution in [2.75, 3.05) is 11.5 Å². The molecular weight excluding hydrogens is 338 g/mol. The number of unbranched alkanes of at least 4 members (excludes halogenated alkanes) is 1. The van der Waals surface area contributed by atoms with Crippen LogP contribution in [-0.4, -0.2) is 52.8 Å². The Morgan fingerprint density at radius 3 is 2.29 bits per heavy atom. The maximum atomic E-state index is 11.5. The second-order valence-electron chi connectivity index (χ2n) is 4.62. The number of carbonyl (C=O) groups excluding carboxylic acids is 1. The lowest BCUT2D eigenvalue weighted by Crippen LogP contribution is -2.45. The molecule has 21 heavy (non-hydrogen) atoms. The van der Waals surface area contributed by atoms with Gasteiger partial charge >= 0.3 is 5.97 Å². The molecule has 0 saturated heterocycles. The SMILES string of the molecule is O=C(CCCCC(S)CCS)NC(CS(=O)(=O)O)C(=O)O.